The molecule has 1 rings (SSSR count). The minimum atomic E-state index is -3.15. The molecule has 1 atom stereocenters. The molecule has 0 amide bonds. The van der Waals surface area contributed by atoms with E-state index in [0.29, 0.717) is 10.8 Å². The van der Waals surface area contributed by atoms with E-state index in [0.717, 1.165) is 4.90 Å². The standard InChI is InChI=1S/C11H15ClO2S2/c1-3-16(13,14)11-7-5-4-6-10(11)15-9(2)8-12/h4-7,9H,3,8H2,1-2H3. The van der Waals surface area contributed by atoms with E-state index in [9.17, 15) is 8.42 Å². The van der Waals surface area contributed by atoms with Gasteiger partial charge in [0.05, 0.1) is 10.6 Å². The molecule has 0 bridgehead atoms. The fraction of sp³-hybridized carbons (Fsp3) is 0.455. The summed E-state index contributed by atoms with van der Waals surface area (Å²) in [5.41, 5.74) is 0. The number of halogens is 1. The highest BCUT2D eigenvalue weighted by Crippen LogP contribution is 2.30. The molecule has 0 saturated carbocycles. The predicted octanol–water partition coefficient (Wildman–Crippen LogP) is 3.20. The Morgan fingerprint density at radius 2 is 2.00 bits per heavy atom. The van der Waals surface area contributed by atoms with Gasteiger partial charge in [0.1, 0.15) is 0 Å². The van der Waals surface area contributed by atoms with Crippen LogP contribution < -0.4 is 0 Å². The first-order valence-corrected chi connectivity index (χ1v) is 8.12. The van der Waals surface area contributed by atoms with Crippen LogP contribution in [-0.4, -0.2) is 25.3 Å². The van der Waals surface area contributed by atoms with Gasteiger partial charge in [0.15, 0.2) is 9.84 Å². The van der Waals surface area contributed by atoms with Crippen molar-refractivity contribution in [3.05, 3.63) is 24.3 Å². The van der Waals surface area contributed by atoms with E-state index in [2.05, 4.69) is 0 Å². The van der Waals surface area contributed by atoms with Gasteiger partial charge in [-0.3, -0.25) is 0 Å². The van der Waals surface area contributed by atoms with Crippen molar-refractivity contribution in [3.63, 3.8) is 0 Å². The van der Waals surface area contributed by atoms with E-state index in [-0.39, 0.29) is 11.0 Å². The Labute approximate surface area is 106 Å². The molecule has 0 aliphatic rings. The van der Waals surface area contributed by atoms with E-state index in [1.807, 2.05) is 19.1 Å². The van der Waals surface area contributed by atoms with Crippen LogP contribution in [0, 0.1) is 0 Å². The zero-order valence-electron chi connectivity index (χ0n) is 9.31. The molecule has 0 aromatic heterocycles. The molecule has 0 fully saturated rings. The van der Waals surface area contributed by atoms with Gasteiger partial charge >= 0.3 is 0 Å². The molecule has 16 heavy (non-hydrogen) atoms. The highest BCUT2D eigenvalue weighted by molar-refractivity contribution is 8.00. The molecule has 0 saturated heterocycles. The lowest BCUT2D eigenvalue weighted by Crippen LogP contribution is -2.06. The molecule has 5 heteroatoms. The molecule has 0 radical (unpaired) electrons. The minimum Gasteiger partial charge on any atom is -0.224 e. The van der Waals surface area contributed by atoms with E-state index in [4.69, 9.17) is 11.6 Å². The van der Waals surface area contributed by atoms with E-state index in [1.54, 1.807) is 19.1 Å². The maximum absolute atomic E-state index is 11.8. The van der Waals surface area contributed by atoms with Gasteiger partial charge in [0.25, 0.3) is 0 Å². The quantitative estimate of drug-likeness (QED) is 0.613. The molecule has 2 nitrogen and oxygen atoms in total. The van der Waals surface area contributed by atoms with Gasteiger partial charge in [-0.15, -0.1) is 23.4 Å². The summed E-state index contributed by atoms with van der Waals surface area (Å²) >= 11 is 7.23. The number of hydrogen-bond acceptors (Lipinski definition) is 3. The molecule has 90 valence electrons. The van der Waals surface area contributed by atoms with Crippen LogP contribution in [0.5, 0.6) is 0 Å². The summed E-state index contributed by atoms with van der Waals surface area (Å²) in [5.74, 6) is 0.630. The normalized spacial score (nSPS) is 13.7. The smallest absolute Gasteiger partial charge is 0.179 e. The molecular weight excluding hydrogens is 264 g/mol. The summed E-state index contributed by atoms with van der Waals surface area (Å²) in [7, 11) is -3.15. The number of sulfone groups is 1. The molecule has 0 heterocycles. The fourth-order valence-electron chi connectivity index (χ4n) is 1.21. The van der Waals surface area contributed by atoms with Crippen molar-refractivity contribution in [1.82, 2.24) is 0 Å². The third kappa shape index (κ3) is 3.40. The van der Waals surface area contributed by atoms with Crippen LogP contribution in [0.25, 0.3) is 0 Å². The summed E-state index contributed by atoms with van der Waals surface area (Å²) in [4.78, 5) is 1.21. The SMILES string of the molecule is CCS(=O)(=O)c1ccccc1SC(C)CCl. The van der Waals surface area contributed by atoms with Gasteiger partial charge in [0.2, 0.25) is 0 Å². The van der Waals surface area contributed by atoms with Crippen molar-refractivity contribution in [1.29, 1.82) is 0 Å². The average Bonchev–Trinajstić information content (AvgIpc) is 2.29. The zero-order chi connectivity index (χ0) is 12.2. The van der Waals surface area contributed by atoms with Crippen molar-refractivity contribution < 1.29 is 8.42 Å². The highest BCUT2D eigenvalue weighted by atomic mass is 35.5. The number of alkyl halides is 1. The first-order valence-electron chi connectivity index (χ1n) is 5.05. The highest BCUT2D eigenvalue weighted by Gasteiger charge is 2.17. The van der Waals surface area contributed by atoms with Crippen LogP contribution in [0.1, 0.15) is 13.8 Å². The van der Waals surface area contributed by atoms with Crippen LogP contribution in [0.3, 0.4) is 0 Å². The van der Waals surface area contributed by atoms with E-state index in [1.165, 1.54) is 11.8 Å². The Kier molecular flexibility index (Phi) is 5.15. The van der Waals surface area contributed by atoms with Crippen LogP contribution >= 0.6 is 23.4 Å². The Morgan fingerprint density at radius 3 is 2.56 bits per heavy atom. The lowest BCUT2D eigenvalue weighted by atomic mass is 10.4. The van der Waals surface area contributed by atoms with Gasteiger partial charge in [-0.25, -0.2) is 8.42 Å². The van der Waals surface area contributed by atoms with E-state index >= 15 is 0 Å². The number of benzene rings is 1. The Morgan fingerprint density at radius 1 is 1.38 bits per heavy atom. The summed E-state index contributed by atoms with van der Waals surface area (Å²) < 4.78 is 23.7. The molecule has 1 unspecified atom stereocenters. The molecule has 1 aromatic carbocycles. The maximum Gasteiger partial charge on any atom is 0.179 e. The second-order valence-electron chi connectivity index (χ2n) is 3.43. The predicted molar refractivity (Wildman–Crippen MR) is 70.2 cm³/mol. The Bertz CT molecular complexity index is 443. The van der Waals surface area contributed by atoms with Crippen molar-refractivity contribution >= 4 is 33.2 Å². The Balaban J connectivity index is 3.11. The molecule has 0 aliphatic heterocycles. The van der Waals surface area contributed by atoms with Crippen molar-refractivity contribution in [2.45, 2.75) is 28.9 Å². The molecular formula is C11H15ClO2S2. The molecule has 1 aromatic rings. The first kappa shape index (κ1) is 13.9. The minimum absolute atomic E-state index is 0.125. The van der Waals surface area contributed by atoms with Gasteiger partial charge in [-0.05, 0) is 12.1 Å². The van der Waals surface area contributed by atoms with Crippen LogP contribution in [0.2, 0.25) is 0 Å². The summed E-state index contributed by atoms with van der Waals surface area (Å²) in [6.45, 7) is 3.63. The third-order valence-corrected chi connectivity index (χ3v) is 5.85. The number of hydrogen-bond donors (Lipinski definition) is 0. The van der Waals surface area contributed by atoms with Gasteiger partial charge in [-0.1, -0.05) is 26.0 Å². The van der Waals surface area contributed by atoms with E-state index < -0.39 is 9.84 Å². The topological polar surface area (TPSA) is 34.1 Å². The fourth-order valence-corrected chi connectivity index (χ4v) is 3.73. The summed E-state index contributed by atoms with van der Waals surface area (Å²) in [6.07, 6.45) is 0. The van der Waals surface area contributed by atoms with Crippen molar-refractivity contribution in [2.75, 3.05) is 11.6 Å². The number of rotatable bonds is 5. The largest absolute Gasteiger partial charge is 0.224 e. The lowest BCUT2D eigenvalue weighted by molar-refractivity contribution is 0.595. The van der Waals surface area contributed by atoms with Gasteiger partial charge in [-0.2, -0.15) is 0 Å². The average molecular weight is 279 g/mol. The van der Waals surface area contributed by atoms with Crippen LogP contribution in [0.4, 0.5) is 0 Å². The monoisotopic (exact) mass is 278 g/mol. The zero-order valence-corrected chi connectivity index (χ0v) is 11.7. The summed E-state index contributed by atoms with van der Waals surface area (Å²) in [6, 6.07) is 7.08. The molecule has 0 N–H and O–H groups in total. The summed E-state index contributed by atoms with van der Waals surface area (Å²) in [5, 5.41) is 0.204. The molecule has 0 spiro atoms. The second-order valence-corrected chi connectivity index (χ2v) is 7.47. The number of thioether (sulfide) groups is 1. The van der Waals surface area contributed by atoms with Gasteiger partial charge < -0.3 is 0 Å². The van der Waals surface area contributed by atoms with Crippen LogP contribution in [-0.2, 0) is 9.84 Å². The van der Waals surface area contributed by atoms with Gasteiger partial charge in [0, 0.05) is 16.0 Å². The molecule has 0 aliphatic carbocycles. The van der Waals surface area contributed by atoms with Crippen molar-refractivity contribution in [2.24, 2.45) is 0 Å². The first-order chi connectivity index (χ1) is 7.51. The second kappa shape index (κ2) is 5.94. The van der Waals surface area contributed by atoms with Crippen LogP contribution in [0.15, 0.2) is 34.1 Å². The van der Waals surface area contributed by atoms with Crippen molar-refractivity contribution in [3.8, 4) is 0 Å². The lowest BCUT2D eigenvalue weighted by Gasteiger charge is -2.11. The Hall–Kier alpha value is -0.190. The third-order valence-electron chi connectivity index (χ3n) is 2.11. The maximum atomic E-state index is 11.8.